The molecular formula is C24H26N2O4. The van der Waals surface area contributed by atoms with Crippen LogP contribution in [-0.2, 0) is 15.0 Å². The lowest BCUT2D eigenvalue weighted by Gasteiger charge is -2.19. The summed E-state index contributed by atoms with van der Waals surface area (Å²) in [4.78, 5) is 23.9. The maximum absolute atomic E-state index is 12.0. The Morgan fingerprint density at radius 1 is 0.767 bits per heavy atom. The van der Waals surface area contributed by atoms with E-state index in [1.54, 1.807) is 6.07 Å². The normalized spacial score (nSPS) is 11.0. The number of amides is 2. The first kappa shape index (κ1) is 21.2. The van der Waals surface area contributed by atoms with Gasteiger partial charge in [0, 0.05) is 5.39 Å². The minimum atomic E-state index is -0.467. The molecule has 3 aromatic rings. The van der Waals surface area contributed by atoms with Crippen LogP contribution in [0.3, 0.4) is 0 Å². The van der Waals surface area contributed by atoms with Crippen LogP contribution in [0.2, 0.25) is 0 Å². The minimum absolute atomic E-state index is 0.0499. The molecule has 0 aliphatic carbocycles. The van der Waals surface area contributed by atoms with E-state index >= 15 is 0 Å². The number of hydrogen-bond donors (Lipinski definition) is 2. The van der Waals surface area contributed by atoms with Crippen LogP contribution in [0.1, 0.15) is 26.3 Å². The standard InChI is InChI=1S/C24H26N2O4/c1-24(2,3)18-11-13-19(14-12-18)29-15-22(27)25-26-23(28)16-30-21-10-6-8-17-7-4-5-9-20(17)21/h4-14H,15-16H2,1-3H3,(H,25,27)(H,26,28). The van der Waals surface area contributed by atoms with Crippen molar-refractivity contribution in [2.75, 3.05) is 13.2 Å². The Bertz CT molecular complexity index is 1020. The van der Waals surface area contributed by atoms with Gasteiger partial charge < -0.3 is 9.47 Å². The number of carbonyl (C=O) groups excluding carboxylic acids is 2. The molecule has 0 atom stereocenters. The van der Waals surface area contributed by atoms with E-state index in [0.29, 0.717) is 11.5 Å². The number of rotatable bonds is 6. The third-order valence-corrected chi connectivity index (χ3v) is 4.54. The molecule has 3 aromatic carbocycles. The van der Waals surface area contributed by atoms with Gasteiger partial charge in [0.25, 0.3) is 11.8 Å². The second-order valence-corrected chi connectivity index (χ2v) is 7.93. The van der Waals surface area contributed by atoms with E-state index in [0.717, 1.165) is 10.8 Å². The molecule has 2 N–H and O–H groups in total. The summed E-state index contributed by atoms with van der Waals surface area (Å²) in [6.45, 7) is 5.96. The van der Waals surface area contributed by atoms with Crippen LogP contribution in [0.15, 0.2) is 66.7 Å². The topological polar surface area (TPSA) is 76.7 Å². The molecule has 0 aliphatic rings. The van der Waals surface area contributed by atoms with Crippen LogP contribution in [0.4, 0.5) is 0 Å². The van der Waals surface area contributed by atoms with Crippen molar-refractivity contribution in [1.29, 1.82) is 0 Å². The fraction of sp³-hybridized carbons (Fsp3) is 0.250. The van der Waals surface area contributed by atoms with Gasteiger partial charge in [-0.2, -0.15) is 0 Å². The zero-order valence-corrected chi connectivity index (χ0v) is 17.4. The van der Waals surface area contributed by atoms with Gasteiger partial charge in [-0.1, -0.05) is 69.3 Å². The van der Waals surface area contributed by atoms with E-state index in [1.165, 1.54) is 5.56 Å². The highest BCUT2D eigenvalue weighted by Crippen LogP contribution is 2.25. The number of nitrogens with one attached hydrogen (secondary N) is 2. The average molecular weight is 406 g/mol. The summed E-state index contributed by atoms with van der Waals surface area (Å²) in [6, 6.07) is 21.0. The molecule has 0 saturated heterocycles. The Morgan fingerprint density at radius 2 is 1.37 bits per heavy atom. The monoisotopic (exact) mass is 406 g/mol. The molecule has 0 spiro atoms. The highest BCUT2D eigenvalue weighted by molar-refractivity contribution is 5.89. The molecule has 0 saturated carbocycles. The van der Waals surface area contributed by atoms with Crippen molar-refractivity contribution in [2.45, 2.75) is 26.2 Å². The Balaban J connectivity index is 1.41. The predicted molar refractivity (Wildman–Crippen MR) is 116 cm³/mol. The minimum Gasteiger partial charge on any atom is -0.484 e. The van der Waals surface area contributed by atoms with Crippen molar-refractivity contribution in [3.05, 3.63) is 72.3 Å². The van der Waals surface area contributed by atoms with E-state index in [1.807, 2.05) is 60.7 Å². The van der Waals surface area contributed by atoms with E-state index in [4.69, 9.17) is 9.47 Å². The van der Waals surface area contributed by atoms with Gasteiger partial charge in [-0.3, -0.25) is 20.4 Å². The zero-order chi connectivity index (χ0) is 21.6. The molecule has 2 amide bonds. The molecule has 0 aromatic heterocycles. The molecule has 0 aliphatic heterocycles. The van der Waals surface area contributed by atoms with Crippen molar-refractivity contribution in [2.24, 2.45) is 0 Å². The Hall–Kier alpha value is -3.54. The van der Waals surface area contributed by atoms with Crippen LogP contribution in [0.5, 0.6) is 11.5 Å². The number of benzene rings is 3. The summed E-state index contributed by atoms with van der Waals surface area (Å²) in [5, 5.41) is 1.94. The van der Waals surface area contributed by atoms with Gasteiger partial charge in [-0.25, -0.2) is 0 Å². The summed E-state index contributed by atoms with van der Waals surface area (Å²) in [5.74, 6) is 0.264. The van der Waals surface area contributed by atoms with E-state index in [2.05, 4.69) is 31.6 Å². The Kier molecular flexibility index (Phi) is 6.57. The van der Waals surface area contributed by atoms with Crippen LogP contribution in [0.25, 0.3) is 10.8 Å². The molecule has 156 valence electrons. The highest BCUT2D eigenvalue weighted by Gasteiger charge is 2.13. The zero-order valence-electron chi connectivity index (χ0n) is 17.4. The van der Waals surface area contributed by atoms with Crippen molar-refractivity contribution in [3.63, 3.8) is 0 Å². The largest absolute Gasteiger partial charge is 0.484 e. The fourth-order valence-corrected chi connectivity index (χ4v) is 2.88. The lowest BCUT2D eigenvalue weighted by Crippen LogP contribution is -2.45. The van der Waals surface area contributed by atoms with Crippen LogP contribution >= 0.6 is 0 Å². The van der Waals surface area contributed by atoms with Crippen molar-refractivity contribution >= 4 is 22.6 Å². The SMILES string of the molecule is CC(C)(C)c1ccc(OCC(=O)NNC(=O)COc2cccc3ccccc23)cc1. The smallest absolute Gasteiger partial charge is 0.276 e. The quantitative estimate of drug-likeness (QED) is 0.612. The molecule has 0 unspecified atom stereocenters. The maximum Gasteiger partial charge on any atom is 0.276 e. The summed E-state index contributed by atoms with van der Waals surface area (Å²) in [6.07, 6.45) is 0. The van der Waals surface area contributed by atoms with E-state index in [9.17, 15) is 9.59 Å². The van der Waals surface area contributed by atoms with Gasteiger partial charge in [0.1, 0.15) is 11.5 Å². The summed E-state index contributed by atoms with van der Waals surface area (Å²) < 4.78 is 11.0. The lowest BCUT2D eigenvalue weighted by atomic mass is 9.87. The van der Waals surface area contributed by atoms with Crippen LogP contribution in [-0.4, -0.2) is 25.0 Å². The van der Waals surface area contributed by atoms with Crippen molar-refractivity contribution < 1.29 is 19.1 Å². The van der Waals surface area contributed by atoms with Crippen molar-refractivity contribution in [1.82, 2.24) is 10.9 Å². The number of carbonyl (C=O) groups is 2. The molecule has 6 nitrogen and oxygen atoms in total. The van der Waals surface area contributed by atoms with E-state index < -0.39 is 11.8 Å². The second-order valence-electron chi connectivity index (χ2n) is 7.93. The summed E-state index contributed by atoms with van der Waals surface area (Å²) in [7, 11) is 0. The third-order valence-electron chi connectivity index (χ3n) is 4.54. The molecule has 30 heavy (non-hydrogen) atoms. The van der Waals surface area contributed by atoms with Crippen molar-refractivity contribution in [3.8, 4) is 11.5 Å². The molecule has 0 bridgehead atoms. The second kappa shape index (κ2) is 9.31. The molecule has 0 radical (unpaired) electrons. The van der Waals surface area contributed by atoms with Gasteiger partial charge in [0.05, 0.1) is 0 Å². The van der Waals surface area contributed by atoms with Crippen LogP contribution < -0.4 is 20.3 Å². The lowest BCUT2D eigenvalue weighted by molar-refractivity contribution is -0.130. The van der Waals surface area contributed by atoms with Gasteiger partial charge in [0.2, 0.25) is 0 Å². The molecular weight excluding hydrogens is 380 g/mol. The number of fused-ring (bicyclic) bond motifs is 1. The first-order valence-corrected chi connectivity index (χ1v) is 9.74. The maximum atomic E-state index is 12.0. The van der Waals surface area contributed by atoms with Gasteiger partial charge in [0.15, 0.2) is 13.2 Å². The Morgan fingerprint density at radius 3 is 2.03 bits per heavy atom. The number of hydrazine groups is 1. The molecule has 3 rings (SSSR count). The predicted octanol–water partition coefficient (Wildman–Crippen LogP) is 3.74. The average Bonchev–Trinajstić information content (AvgIpc) is 2.74. The number of hydrogen-bond acceptors (Lipinski definition) is 4. The third kappa shape index (κ3) is 5.73. The molecule has 6 heteroatoms. The fourth-order valence-electron chi connectivity index (χ4n) is 2.88. The molecule has 0 fully saturated rings. The van der Waals surface area contributed by atoms with E-state index in [-0.39, 0.29) is 18.6 Å². The Labute approximate surface area is 176 Å². The van der Waals surface area contributed by atoms with Crippen LogP contribution in [0, 0.1) is 0 Å². The van der Waals surface area contributed by atoms with Gasteiger partial charge >= 0.3 is 0 Å². The van der Waals surface area contributed by atoms with Gasteiger partial charge in [-0.05, 0) is 34.6 Å². The number of ether oxygens (including phenoxy) is 2. The van der Waals surface area contributed by atoms with Gasteiger partial charge in [-0.15, -0.1) is 0 Å². The first-order chi connectivity index (χ1) is 14.3. The first-order valence-electron chi connectivity index (χ1n) is 9.74. The molecule has 0 heterocycles. The summed E-state index contributed by atoms with van der Waals surface area (Å²) in [5.41, 5.74) is 5.87. The highest BCUT2D eigenvalue weighted by atomic mass is 16.5. The summed E-state index contributed by atoms with van der Waals surface area (Å²) >= 11 is 0.